The molecule has 0 unspecified atom stereocenters. The number of thioether (sulfide) groups is 1. The van der Waals surface area contributed by atoms with Crippen LogP contribution in [0.2, 0.25) is 0 Å². The largest absolute Gasteiger partial charge is 0.251 e. The zero-order valence-corrected chi connectivity index (χ0v) is 5.09. The van der Waals surface area contributed by atoms with Crippen LogP contribution in [0.1, 0.15) is 6.92 Å². The molecule has 0 amide bonds. The van der Waals surface area contributed by atoms with E-state index in [-0.39, 0.29) is 0 Å². The van der Waals surface area contributed by atoms with Gasteiger partial charge in [-0.15, -0.1) is 11.8 Å². The highest BCUT2D eigenvalue weighted by molar-refractivity contribution is 8.14. The molecule has 0 N–H and O–H groups in total. The minimum Gasteiger partial charge on any atom is -0.251 e. The number of aliphatic imine (C=N–C) groups is 1. The summed E-state index contributed by atoms with van der Waals surface area (Å²) in [6.45, 7) is 5.70. The number of rotatable bonds is 0. The van der Waals surface area contributed by atoms with Gasteiger partial charge in [-0.2, -0.15) is 0 Å². The summed E-state index contributed by atoms with van der Waals surface area (Å²) in [4.78, 5) is 4.07. The van der Waals surface area contributed by atoms with Crippen molar-refractivity contribution >= 4 is 16.8 Å². The maximum atomic E-state index is 4.07. The summed E-state index contributed by atoms with van der Waals surface area (Å²) in [5, 5.41) is 1.14. The average Bonchev–Trinajstić information content (AvgIpc) is 1.87. The quantitative estimate of drug-likeness (QED) is 0.465. The molecule has 0 atom stereocenters. The second kappa shape index (κ2) is 1.70. The van der Waals surface area contributed by atoms with E-state index in [9.17, 15) is 0 Å². The van der Waals surface area contributed by atoms with Crippen molar-refractivity contribution < 1.29 is 0 Å². The van der Waals surface area contributed by atoms with Crippen molar-refractivity contribution in [1.82, 2.24) is 0 Å². The normalized spacial score (nSPS) is 20.1. The summed E-state index contributed by atoms with van der Waals surface area (Å²) in [6.07, 6.45) is 0. The van der Waals surface area contributed by atoms with Crippen molar-refractivity contribution in [2.75, 3.05) is 5.75 Å². The summed E-state index contributed by atoms with van der Waals surface area (Å²) in [5.74, 6) is 0.992. The van der Waals surface area contributed by atoms with E-state index in [1.165, 1.54) is 0 Å². The molecule has 0 spiro atoms. The summed E-state index contributed by atoms with van der Waals surface area (Å²) >= 11 is 1.76. The van der Waals surface area contributed by atoms with Crippen molar-refractivity contribution in [2.45, 2.75) is 6.92 Å². The van der Waals surface area contributed by atoms with Crippen LogP contribution in [0.4, 0.5) is 0 Å². The van der Waals surface area contributed by atoms with Crippen LogP contribution in [-0.4, -0.2) is 10.8 Å². The smallest absolute Gasteiger partial charge is 0.0707 e. The van der Waals surface area contributed by atoms with Crippen molar-refractivity contribution in [1.29, 1.82) is 0 Å². The molecule has 0 fully saturated rings. The Kier molecular flexibility index (Phi) is 1.19. The predicted molar refractivity (Wildman–Crippen MR) is 34.7 cm³/mol. The Balaban J connectivity index is 2.67. The molecule has 1 rings (SSSR count). The Bertz CT molecular complexity index is 126. The number of hydrogen-bond acceptors (Lipinski definition) is 2. The minimum atomic E-state index is 0.992. The molecule has 0 aromatic carbocycles. The van der Waals surface area contributed by atoms with E-state index in [0.717, 1.165) is 16.5 Å². The van der Waals surface area contributed by atoms with Crippen LogP contribution in [0.3, 0.4) is 0 Å². The van der Waals surface area contributed by atoms with Gasteiger partial charge in [0.1, 0.15) is 0 Å². The van der Waals surface area contributed by atoms with E-state index in [4.69, 9.17) is 0 Å². The molecule has 7 heavy (non-hydrogen) atoms. The van der Waals surface area contributed by atoms with Gasteiger partial charge >= 0.3 is 0 Å². The molecule has 0 saturated carbocycles. The third-order valence-electron chi connectivity index (χ3n) is 0.763. The highest BCUT2D eigenvalue weighted by atomic mass is 32.2. The summed E-state index contributed by atoms with van der Waals surface area (Å²) in [5.41, 5.74) is 1.00. The molecule has 38 valence electrons. The van der Waals surface area contributed by atoms with Gasteiger partial charge in [-0.05, 0) is 6.92 Å². The Morgan fingerprint density at radius 1 is 1.86 bits per heavy atom. The molecule has 0 aromatic rings. The van der Waals surface area contributed by atoms with E-state index in [0.29, 0.717) is 0 Å². The van der Waals surface area contributed by atoms with Gasteiger partial charge in [0.15, 0.2) is 0 Å². The van der Waals surface area contributed by atoms with Gasteiger partial charge in [0.2, 0.25) is 0 Å². The van der Waals surface area contributed by atoms with Crippen molar-refractivity contribution in [3.8, 4) is 0 Å². The lowest BCUT2D eigenvalue weighted by molar-refractivity contribution is 1.37. The van der Waals surface area contributed by atoms with Crippen LogP contribution in [0.15, 0.2) is 17.3 Å². The Labute approximate surface area is 47.5 Å². The van der Waals surface area contributed by atoms with E-state index in [1.54, 1.807) is 11.8 Å². The zero-order chi connectivity index (χ0) is 5.28. The maximum absolute atomic E-state index is 4.07. The van der Waals surface area contributed by atoms with E-state index in [2.05, 4.69) is 11.6 Å². The molecule has 0 aliphatic carbocycles. The highest BCUT2D eigenvalue weighted by Crippen LogP contribution is 2.17. The molecule has 0 radical (unpaired) electrons. The average molecular weight is 113 g/mol. The van der Waals surface area contributed by atoms with Gasteiger partial charge in [0.25, 0.3) is 0 Å². The fourth-order valence-corrected chi connectivity index (χ4v) is 1.11. The maximum Gasteiger partial charge on any atom is 0.0707 e. The standard InChI is InChI=1S/C5H7NS/c1-4-3-7-5(2)6-4/h1,3H2,2H3. The van der Waals surface area contributed by atoms with Gasteiger partial charge in [-0.1, -0.05) is 6.58 Å². The fourth-order valence-electron chi connectivity index (χ4n) is 0.475. The molecule has 0 aromatic heterocycles. The second-order valence-electron chi connectivity index (χ2n) is 1.49. The second-order valence-corrected chi connectivity index (χ2v) is 2.65. The SMILES string of the molecule is C=C1CSC(C)=N1. The van der Waals surface area contributed by atoms with Crippen LogP contribution in [0, 0.1) is 0 Å². The Morgan fingerprint density at radius 3 is 2.71 bits per heavy atom. The molecule has 0 saturated heterocycles. The lowest BCUT2D eigenvalue weighted by atomic mass is 10.6. The van der Waals surface area contributed by atoms with Gasteiger partial charge < -0.3 is 0 Å². The summed E-state index contributed by atoms with van der Waals surface area (Å²) in [6, 6.07) is 0. The van der Waals surface area contributed by atoms with Gasteiger partial charge in [-0.25, -0.2) is 0 Å². The molecule has 2 heteroatoms. The van der Waals surface area contributed by atoms with Crippen molar-refractivity contribution in [3.63, 3.8) is 0 Å². The van der Waals surface area contributed by atoms with Gasteiger partial charge in [0.05, 0.1) is 5.04 Å². The van der Waals surface area contributed by atoms with Gasteiger partial charge in [0, 0.05) is 11.4 Å². The first-order valence-electron chi connectivity index (χ1n) is 2.15. The van der Waals surface area contributed by atoms with Gasteiger partial charge in [-0.3, -0.25) is 4.99 Å². The highest BCUT2D eigenvalue weighted by Gasteiger charge is 2.02. The van der Waals surface area contributed by atoms with Crippen LogP contribution in [0.5, 0.6) is 0 Å². The van der Waals surface area contributed by atoms with Crippen LogP contribution in [-0.2, 0) is 0 Å². The first-order chi connectivity index (χ1) is 3.29. The molecule has 1 heterocycles. The summed E-state index contributed by atoms with van der Waals surface area (Å²) < 4.78 is 0. The first-order valence-corrected chi connectivity index (χ1v) is 3.13. The number of nitrogens with zero attached hydrogens (tertiary/aromatic N) is 1. The minimum absolute atomic E-state index is 0.992. The van der Waals surface area contributed by atoms with Crippen LogP contribution in [0.25, 0.3) is 0 Å². The fraction of sp³-hybridized carbons (Fsp3) is 0.400. The summed E-state index contributed by atoms with van der Waals surface area (Å²) in [7, 11) is 0. The third kappa shape index (κ3) is 1.06. The monoisotopic (exact) mass is 113 g/mol. The topological polar surface area (TPSA) is 12.4 Å². The first kappa shape index (κ1) is 4.91. The van der Waals surface area contributed by atoms with E-state index in [1.807, 2.05) is 6.92 Å². The Morgan fingerprint density at radius 2 is 2.57 bits per heavy atom. The zero-order valence-electron chi connectivity index (χ0n) is 4.27. The van der Waals surface area contributed by atoms with E-state index < -0.39 is 0 Å². The lowest BCUT2D eigenvalue weighted by Gasteiger charge is -1.77. The van der Waals surface area contributed by atoms with Crippen LogP contribution < -0.4 is 0 Å². The van der Waals surface area contributed by atoms with E-state index >= 15 is 0 Å². The third-order valence-corrected chi connectivity index (χ3v) is 1.75. The molecule has 1 aliphatic heterocycles. The molecule has 1 nitrogen and oxygen atoms in total. The predicted octanol–water partition coefficient (Wildman–Crippen LogP) is 1.67. The Hall–Kier alpha value is -0.240. The van der Waals surface area contributed by atoms with Crippen molar-refractivity contribution in [3.05, 3.63) is 12.3 Å². The molecule has 1 aliphatic rings. The molecule has 0 bridgehead atoms. The van der Waals surface area contributed by atoms with Crippen LogP contribution >= 0.6 is 11.8 Å². The number of hydrogen-bond donors (Lipinski definition) is 0. The molecular weight excluding hydrogens is 106 g/mol. The lowest BCUT2D eigenvalue weighted by Crippen LogP contribution is -1.69. The van der Waals surface area contributed by atoms with Crippen molar-refractivity contribution in [2.24, 2.45) is 4.99 Å². The molecular formula is C5H7NS.